The van der Waals surface area contributed by atoms with Crippen LogP contribution in [0.5, 0.6) is 0 Å². The van der Waals surface area contributed by atoms with Crippen LogP contribution in [0.15, 0.2) is 217 Å². The summed E-state index contributed by atoms with van der Waals surface area (Å²) in [6.07, 6.45) is 0. The zero-order chi connectivity index (χ0) is 40.5. The fraction of sp³-hybridized carbons (Fsp3) is 0. The summed E-state index contributed by atoms with van der Waals surface area (Å²) in [5, 5.41) is 8.03. The normalized spacial score (nSPS) is 12.6. The maximum atomic E-state index is 9.96. The Kier molecular flexibility index (Phi) is 6.60. The van der Waals surface area contributed by atoms with Gasteiger partial charge in [-0.1, -0.05) is 164 Å². The van der Waals surface area contributed by atoms with E-state index in [1.807, 2.05) is 89.8 Å². The lowest BCUT2D eigenvalue weighted by Crippen LogP contribution is -2.10. The van der Waals surface area contributed by atoms with Crippen LogP contribution >= 0.6 is 0 Å². The van der Waals surface area contributed by atoms with Gasteiger partial charge >= 0.3 is 0 Å². The first kappa shape index (κ1) is 28.1. The highest BCUT2D eigenvalue weighted by molar-refractivity contribution is 6.19. The highest BCUT2D eigenvalue weighted by atomic mass is 16.3. The number of hydrogen-bond acceptors (Lipinski definition) is 2. The lowest BCUT2D eigenvalue weighted by Gasteiger charge is -2.27. The summed E-state index contributed by atoms with van der Waals surface area (Å²) in [7, 11) is 0. The third kappa shape index (κ3) is 5.34. The largest absolute Gasteiger partial charge is 0.455 e. The van der Waals surface area contributed by atoms with Crippen molar-refractivity contribution in [2.24, 2.45) is 0 Å². The van der Waals surface area contributed by atoms with Gasteiger partial charge in [0.15, 0.2) is 0 Å². The zero-order valence-corrected chi connectivity index (χ0v) is 30.3. The van der Waals surface area contributed by atoms with Crippen LogP contribution in [0, 0.1) is 0 Å². The van der Waals surface area contributed by atoms with Crippen LogP contribution in [0.2, 0.25) is 0 Å². The molecule has 0 radical (unpaired) electrons. The highest BCUT2D eigenvalue weighted by Crippen LogP contribution is 2.45. The van der Waals surface area contributed by atoms with Crippen LogP contribution in [0.3, 0.4) is 0 Å². The van der Waals surface area contributed by atoms with Gasteiger partial charge in [-0.2, -0.15) is 0 Å². The van der Waals surface area contributed by atoms with Crippen molar-refractivity contribution in [2.45, 2.75) is 0 Å². The number of anilines is 3. The molecule has 0 N–H and O–H groups in total. The summed E-state index contributed by atoms with van der Waals surface area (Å²) in [6, 6.07) is 62.9. The second kappa shape index (κ2) is 13.2. The Morgan fingerprint density at radius 1 is 0.411 bits per heavy atom. The molecule has 1 heterocycles. The van der Waals surface area contributed by atoms with Crippen LogP contribution in [0.25, 0.3) is 87.6 Å². The van der Waals surface area contributed by atoms with Crippen molar-refractivity contribution in [3.63, 3.8) is 0 Å². The summed E-state index contributed by atoms with van der Waals surface area (Å²) in [5.74, 6) is 0. The zero-order valence-electron chi connectivity index (χ0n) is 34.3. The molecule has 0 fully saturated rings. The molecule has 0 saturated carbocycles. The van der Waals surface area contributed by atoms with Crippen LogP contribution in [0.4, 0.5) is 17.1 Å². The van der Waals surface area contributed by atoms with Gasteiger partial charge in [-0.05, 0) is 109 Å². The Morgan fingerprint density at radius 2 is 1.02 bits per heavy atom. The van der Waals surface area contributed by atoms with Crippen molar-refractivity contribution in [1.82, 2.24) is 0 Å². The van der Waals surface area contributed by atoms with E-state index in [4.69, 9.17) is 4.42 Å². The minimum absolute atomic E-state index is 0.000489. The Balaban J connectivity index is 1.14. The first-order chi connectivity index (χ1) is 29.4. The SMILES string of the molecule is [2H]c1c([2H])c(-c2cccc3ccccc23)c([2H])c(N(c2ccc(-c3cccc(-c4cccc5ccccc45)c3)cc2)c2cccc3oc4c5ccccc5ccc4c23)c1[2H]. The summed E-state index contributed by atoms with van der Waals surface area (Å²) in [5.41, 5.74) is 8.40. The Hall–Kier alpha value is -7.42. The number of hydrogen-bond donors (Lipinski definition) is 0. The standard InChI is InChI=1S/C54H35NO/c1-4-21-45-37(12-1)15-9-24-47(45)41-18-7-17-40(34-41)36-28-31-43(32-29-36)55(44-20-8-19-42(35-44)48-25-10-16-38-13-2-5-22-46(38)48)51-26-11-27-52-53(51)50-33-30-39-14-3-6-23-49(39)54(50)56-52/h1-35H/i8D,19D,20D,35D. The first-order valence-corrected chi connectivity index (χ1v) is 18.8. The van der Waals surface area contributed by atoms with E-state index in [0.717, 1.165) is 54.6 Å². The molecule has 0 spiro atoms. The molecule has 0 bridgehead atoms. The molecule has 0 saturated heterocycles. The Labute approximate surface area is 330 Å². The quantitative estimate of drug-likeness (QED) is 0.170. The van der Waals surface area contributed by atoms with Gasteiger partial charge in [0.1, 0.15) is 11.2 Å². The van der Waals surface area contributed by atoms with Crippen molar-refractivity contribution in [3.05, 3.63) is 212 Å². The van der Waals surface area contributed by atoms with E-state index in [1.54, 1.807) is 0 Å². The molecule has 0 aliphatic heterocycles. The molecule has 262 valence electrons. The fourth-order valence-corrected chi connectivity index (χ4v) is 8.28. The molecule has 2 heteroatoms. The molecule has 11 aromatic rings. The molecule has 0 aliphatic carbocycles. The average molecular weight is 718 g/mol. The topological polar surface area (TPSA) is 16.4 Å². The molecule has 1 aromatic heterocycles. The fourth-order valence-electron chi connectivity index (χ4n) is 8.28. The lowest BCUT2D eigenvalue weighted by molar-refractivity contribution is 0.672. The van der Waals surface area contributed by atoms with Crippen molar-refractivity contribution < 1.29 is 9.90 Å². The minimum Gasteiger partial charge on any atom is -0.455 e. The summed E-state index contributed by atoms with van der Waals surface area (Å²) in [6.45, 7) is 0. The molecule has 56 heavy (non-hydrogen) atoms. The van der Waals surface area contributed by atoms with E-state index in [1.165, 1.54) is 16.3 Å². The maximum Gasteiger partial charge on any atom is 0.143 e. The van der Waals surface area contributed by atoms with Crippen molar-refractivity contribution >= 4 is 71.3 Å². The van der Waals surface area contributed by atoms with Crippen molar-refractivity contribution in [3.8, 4) is 33.4 Å². The van der Waals surface area contributed by atoms with Crippen LogP contribution in [-0.4, -0.2) is 0 Å². The molecule has 11 rings (SSSR count). The molecule has 10 aromatic carbocycles. The molecular formula is C54H35NO. The Bertz CT molecular complexity index is 3490. The van der Waals surface area contributed by atoms with Gasteiger partial charge in [-0.15, -0.1) is 0 Å². The number of benzene rings is 10. The predicted molar refractivity (Wildman–Crippen MR) is 237 cm³/mol. The first-order valence-electron chi connectivity index (χ1n) is 20.8. The maximum absolute atomic E-state index is 9.96. The average Bonchev–Trinajstić information content (AvgIpc) is 3.70. The van der Waals surface area contributed by atoms with Gasteiger partial charge in [0.05, 0.1) is 16.6 Å². The van der Waals surface area contributed by atoms with Crippen molar-refractivity contribution in [2.75, 3.05) is 4.90 Å². The van der Waals surface area contributed by atoms with Gasteiger partial charge in [0.25, 0.3) is 0 Å². The number of nitrogens with zero attached hydrogens (tertiary/aromatic N) is 1. The van der Waals surface area contributed by atoms with Gasteiger partial charge < -0.3 is 9.32 Å². The van der Waals surface area contributed by atoms with Gasteiger partial charge in [0, 0.05) is 22.1 Å². The highest BCUT2D eigenvalue weighted by Gasteiger charge is 2.21. The van der Waals surface area contributed by atoms with Gasteiger partial charge in [-0.25, -0.2) is 0 Å². The van der Waals surface area contributed by atoms with E-state index < -0.39 is 0 Å². The summed E-state index contributed by atoms with van der Waals surface area (Å²) < 4.78 is 44.6. The number of rotatable bonds is 6. The minimum atomic E-state index is -0.244. The third-order valence-electron chi connectivity index (χ3n) is 10.9. The van der Waals surface area contributed by atoms with Gasteiger partial charge in [0.2, 0.25) is 0 Å². The van der Waals surface area contributed by atoms with E-state index in [-0.39, 0.29) is 29.9 Å². The molecule has 0 atom stereocenters. The second-order valence-electron chi connectivity index (χ2n) is 14.2. The smallest absolute Gasteiger partial charge is 0.143 e. The van der Waals surface area contributed by atoms with E-state index in [0.29, 0.717) is 28.1 Å². The van der Waals surface area contributed by atoms with E-state index in [2.05, 4.69) is 103 Å². The molecular weight excluding hydrogens is 679 g/mol. The monoisotopic (exact) mass is 717 g/mol. The third-order valence-corrected chi connectivity index (χ3v) is 10.9. The summed E-state index contributed by atoms with van der Waals surface area (Å²) in [4.78, 5) is 1.92. The van der Waals surface area contributed by atoms with Crippen molar-refractivity contribution in [1.29, 1.82) is 0 Å². The van der Waals surface area contributed by atoms with Crippen LogP contribution in [0.1, 0.15) is 5.48 Å². The number of furan rings is 1. The Morgan fingerprint density at radius 3 is 1.77 bits per heavy atom. The molecule has 0 amide bonds. The lowest BCUT2D eigenvalue weighted by atomic mass is 9.95. The molecule has 2 nitrogen and oxygen atoms in total. The van der Waals surface area contributed by atoms with E-state index in [9.17, 15) is 5.48 Å². The summed E-state index contributed by atoms with van der Waals surface area (Å²) >= 11 is 0. The number of fused-ring (bicyclic) bond motifs is 7. The van der Waals surface area contributed by atoms with Gasteiger partial charge in [-0.3, -0.25) is 0 Å². The molecule has 0 unspecified atom stereocenters. The molecule has 0 aliphatic rings. The predicted octanol–water partition coefficient (Wildman–Crippen LogP) is 15.5. The van der Waals surface area contributed by atoms with Crippen LogP contribution < -0.4 is 4.90 Å². The van der Waals surface area contributed by atoms with E-state index >= 15 is 0 Å². The second-order valence-corrected chi connectivity index (χ2v) is 14.2. The van der Waals surface area contributed by atoms with Crippen LogP contribution in [-0.2, 0) is 0 Å².